The van der Waals surface area contributed by atoms with E-state index in [1.807, 2.05) is 0 Å². The molecule has 1 amide bonds. The van der Waals surface area contributed by atoms with E-state index in [2.05, 4.69) is 10.4 Å². The number of nitrogens with one attached hydrogen (secondary N) is 1. The number of hydrogen-bond acceptors (Lipinski definition) is 6. The number of fused-ring (bicyclic) bond motifs is 1. The largest absolute Gasteiger partial charge is 0.461 e. The number of carbonyl (C=O) groups excluding carboxylic acids is 2. The molecule has 4 rings (SSSR count). The number of ether oxygens (including phenoxy) is 1. The highest BCUT2D eigenvalue weighted by molar-refractivity contribution is 7.16. The number of nitrogens with zero attached hydrogens (tertiary/aromatic N) is 2. The van der Waals surface area contributed by atoms with Crippen LogP contribution < -0.4 is 10.9 Å². The summed E-state index contributed by atoms with van der Waals surface area (Å²) in [7, 11) is 0. The van der Waals surface area contributed by atoms with Crippen LogP contribution in [0.3, 0.4) is 0 Å². The first-order valence-corrected chi connectivity index (χ1v) is 11.4. The fourth-order valence-corrected chi connectivity index (χ4v) is 4.34. The fraction of sp³-hybridized carbons (Fsp3) is 0.0833. The summed E-state index contributed by atoms with van der Waals surface area (Å²) in [4.78, 5) is 38.4. The van der Waals surface area contributed by atoms with Crippen molar-refractivity contribution in [3.8, 4) is 5.69 Å². The summed E-state index contributed by atoms with van der Waals surface area (Å²) in [5.74, 6) is -1.82. The highest BCUT2D eigenvalue weighted by Crippen LogP contribution is 2.31. The minimum atomic E-state index is -0.744. The zero-order valence-corrected chi connectivity index (χ0v) is 19.3. The van der Waals surface area contributed by atoms with E-state index in [0.29, 0.717) is 10.6 Å². The zero-order chi connectivity index (χ0) is 24.2. The Balaban J connectivity index is 1.79. The van der Waals surface area contributed by atoms with Gasteiger partial charge in [0, 0.05) is 21.9 Å². The summed E-state index contributed by atoms with van der Waals surface area (Å²) in [6.07, 6.45) is 2.83. The van der Waals surface area contributed by atoms with E-state index in [1.54, 1.807) is 42.6 Å². The molecule has 0 aliphatic heterocycles. The van der Waals surface area contributed by atoms with Gasteiger partial charge in [-0.1, -0.05) is 35.9 Å². The minimum Gasteiger partial charge on any atom is -0.461 e. The Labute approximate surface area is 202 Å². The van der Waals surface area contributed by atoms with Gasteiger partial charge in [-0.15, -0.1) is 11.3 Å². The number of amides is 1. The summed E-state index contributed by atoms with van der Waals surface area (Å²) in [6, 6.07) is 12.3. The molecule has 0 aliphatic rings. The zero-order valence-electron chi connectivity index (χ0n) is 17.7. The Bertz CT molecular complexity index is 1500. The molecule has 2 heterocycles. The third kappa shape index (κ3) is 4.75. The number of benzene rings is 2. The molecular weight excluding hydrogens is 481 g/mol. The molecule has 0 atom stereocenters. The molecule has 0 aliphatic carbocycles. The first kappa shape index (κ1) is 23.3. The number of hydrogen-bond donors (Lipinski definition) is 1. The third-order valence-corrected chi connectivity index (χ3v) is 5.97. The lowest BCUT2D eigenvalue weighted by Crippen LogP contribution is -2.25. The predicted molar refractivity (Wildman–Crippen MR) is 130 cm³/mol. The van der Waals surface area contributed by atoms with Crippen molar-refractivity contribution in [3.63, 3.8) is 0 Å². The Hall–Kier alpha value is -3.82. The molecule has 2 aromatic heterocycles. The first-order valence-electron chi connectivity index (χ1n) is 10.1. The van der Waals surface area contributed by atoms with Crippen LogP contribution in [0, 0.1) is 5.82 Å². The predicted octanol–water partition coefficient (Wildman–Crippen LogP) is 5.07. The Kier molecular flexibility index (Phi) is 6.85. The van der Waals surface area contributed by atoms with Crippen LogP contribution in [-0.4, -0.2) is 28.3 Å². The molecule has 0 spiro atoms. The average molecular weight is 498 g/mol. The highest BCUT2D eigenvalue weighted by atomic mass is 35.5. The van der Waals surface area contributed by atoms with E-state index in [-0.39, 0.29) is 33.8 Å². The molecule has 172 valence electrons. The molecule has 0 saturated carbocycles. The lowest BCUT2D eigenvalue weighted by atomic mass is 10.2. The van der Waals surface area contributed by atoms with E-state index < -0.39 is 23.3 Å². The molecule has 2 aromatic carbocycles. The molecule has 7 nitrogen and oxygen atoms in total. The smallest absolute Gasteiger partial charge is 0.359 e. The van der Waals surface area contributed by atoms with Crippen LogP contribution in [0.15, 0.2) is 64.8 Å². The summed E-state index contributed by atoms with van der Waals surface area (Å²) >= 11 is 7.17. The van der Waals surface area contributed by atoms with Gasteiger partial charge >= 0.3 is 5.97 Å². The van der Waals surface area contributed by atoms with Crippen molar-refractivity contribution in [2.75, 3.05) is 11.9 Å². The molecule has 10 heteroatoms. The van der Waals surface area contributed by atoms with Crippen molar-refractivity contribution < 1.29 is 18.7 Å². The first-order chi connectivity index (χ1) is 16.4. The number of carbonyl (C=O) groups is 2. The van der Waals surface area contributed by atoms with Crippen molar-refractivity contribution >= 4 is 56.7 Å². The lowest BCUT2D eigenvalue weighted by molar-refractivity contribution is -0.111. The Morgan fingerprint density at radius 3 is 2.76 bits per heavy atom. The molecule has 34 heavy (non-hydrogen) atoms. The van der Waals surface area contributed by atoms with Gasteiger partial charge in [0.2, 0.25) is 5.91 Å². The van der Waals surface area contributed by atoms with Gasteiger partial charge in [-0.05, 0) is 42.8 Å². The van der Waals surface area contributed by atoms with Crippen molar-refractivity contribution in [2.24, 2.45) is 0 Å². The molecule has 0 saturated heterocycles. The quantitative estimate of drug-likeness (QED) is 0.297. The molecule has 0 bridgehead atoms. The molecular formula is C24H17ClFN3O4S. The average Bonchev–Trinajstić information content (AvgIpc) is 3.23. The second-order valence-corrected chi connectivity index (χ2v) is 8.25. The number of esters is 1. The van der Waals surface area contributed by atoms with Crippen molar-refractivity contribution in [1.29, 1.82) is 0 Å². The van der Waals surface area contributed by atoms with Gasteiger partial charge in [-0.3, -0.25) is 9.59 Å². The van der Waals surface area contributed by atoms with Gasteiger partial charge in [0.15, 0.2) is 5.69 Å². The summed E-state index contributed by atoms with van der Waals surface area (Å²) < 4.78 is 19.8. The summed E-state index contributed by atoms with van der Waals surface area (Å²) in [6.45, 7) is 1.74. The normalized spacial score (nSPS) is 11.1. The van der Waals surface area contributed by atoms with Crippen molar-refractivity contribution in [1.82, 2.24) is 9.78 Å². The van der Waals surface area contributed by atoms with Gasteiger partial charge in [0.25, 0.3) is 5.56 Å². The minimum absolute atomic E-state index is 0.0619. The van der Waals surface area contributed by atoms with Gasteiger partial charge in [-0.2, -0.15) is 9.78 Å². The van der Waals surface area contributed by atoms with Gasteiger partial charge < -0.3 is 10.1 Å². The standard InChI is InChI=1S/C24H17ClFN3O4S/c1-2-33-24(32)21-17-13-34-22(27-19(30)11-10-14-6-3-4-9-18(14)25)20(17)23(31)29(28-21)16-8-5-7-15(26)12-16/h3-13H,2H2,1H3,(H,27,30)/b11-10+. The Morgan fingerprint density at radius 2 is 2.03 bits per heavy atom. The van der Waals surface area contributed by atoms with Crippen LogP contribution in [0.4, 0.5) is 9.39 Å². The van der Waals surface area contributed by atoms with Crippen LogP contribution in [0.25, 0.3) is 22.5 Å². The number of rotatable bonds is 6. The van der Waals surface area contributed by atoms with Crippen LogP contribution in [0.1, 0.15) is 23.0 Å². The topological polar surface area (TPSA) is 90.3 Å². The van der Waals surface area contributed by atoms with E-state index in [9.17, 15) is 18.8 Å². The molecule has 0 radical (unpaired) electrons. The van der Waals surface area contributed by atoms with Gasteiger partial charge in [0.05, 0.1) is 17.7 Å². The Morgan fingerprint density at radius 1 is 1.24 bits per heavy atom. The number of aromatic nitrogens is 2. The van der Waals surface area contributed by atoms with Crippen LogP contribution in [0.2, 0.25) is 5.02 Å². The van der Waals surface area contributed by atoms with Crippen LogP contribution in [0.5, 0.6) is 0 Å². The summed E-state index contributed by atoms with van der Waals surface area (Å²) in [5, 5.41) is 9.33. The maximum atomic E-state index is 13.8. The number of halogens is 2. The third-order valence-electron chi connectivity index (χ3n) is 4.73. The van der Waals surface area contributed by atoms with E-state index in [0.717, 1.165) is 22.1 Å². The molecule has 0 fully saturated rings. The molecule has 1 N–H and O–H groups in total. The molecule has 4 aromatic rings. The van der Waals surface area contributed by atoms with Gasteiger partial charge in [0.1, 0.15) is 10.8 Å². The number of anilines is 1. The van der Waals surface area contributed by atoms with E-state index in [4.69, 9.17) is 16.3 Å². The van der Waals surface area contributed by atoms with Crippen LogP contribution >= 0.6 is 22.9 Å². The number of thiophene rings is 1. The maximum Gasteiger partial charge on any atom is 0.359 e. The van der Waals surface area contributed by atoms with E-state index in [1.165, 1.54) is 24.3 Å². The van der Waals surface area contributed by atoms with Gasteiger partial charge in [-0.25, -0.2) is 9.18 Å². The fourth-order valence-electron chi connectivity index (χ4n) is 3.20. The monoisotopic (exact) mass is 497 g/mol. The van der Waals surface area contributed by atoms with Crippen LogP contribution in [-0.2, 0) is 9.53 Å². The molecule has 0 unspecified atom stereocenters. The second-order valence-electron chi connectivity index (χ2n) is 6.96. The van der Waals surface area contributed by atoms with Crippen molar-refractivity contribution in [3.05, 3.63) is 92.4 Å². The maximum absolute atomic E-state index is 13.8. The summed E-state index contributed by atoms with van der Waals surface area (Å²) in [5.41, 5.74) is 0.0292. The lowest BCUT2D eigenvalue weighted by Gasteiger charge is -2.09. The highest BCUT2D eigenvalue weighted by Gasteiger charge is 2.23. The van der Waals surface area contributed by atoms with Crippen molar-refractivity contribution in [2.45, 2.75) is 6.92 Å². The van der Waals surface area contributed by atoms with E-state index >= 15 is 0 Å². The SMILES string of the molecule is CCOC(=O)c1nn(-c2cccc(F)c2)c(=O)c2c(NC(=O)/C=C/c3ccccc3Cl)scc12. The second kappa shape index (κ2) is 9.98.